The summed E-state index contributed by atoms with van der Waals surface area (Å²) in [7, 11) is 1.43. The van der Waals surface area contributed by atoms with E-state index in [0.717, 1.165) is 10.7 Å². The van der Waals surface area contributed by atoms with E-state index in [1.807, 2.05) is 6.26 Å². The molecular formula is C14H17N3O3S. The molecule has 0 saturated carbocycles. The number of hydrogen-bond donors (Lipinski definition) is 2. The number of imide groups is 1. The third-order valence-corrected chi connectivity index (χ3v) is 3.97. The van der Waals surface area contributed by atoms with Crippen molar-refractivity contribution in [2.24, 2.45) is 5.73 Å². The molecule has 2 rings (SSSR count). The van der Waals surface area contributed by atoms with E-state index in [-0.39, 0.29) is 17.7 Å². The first kappa shape index (κ1) is 15.5. The monoisotopic (exact) mass is 307 g/mol. The van der Waals surface area contributed by atoms with Crippen LogP contribution >= 0.6 is 11.8 Å². The van der Waals surface area contributed by atoms with Crippen molar-refractivity contribution >= 4 is 35.2 Å². The fourth-order valence-corrected chi connectivity index (χ4v) is 2.54. The summed E-state index contributed by atoms with van der Waals surface area (Å²) < 4.78 is 0. The lowest BCUT2D eigenvalue weighted by atomic mass is 10.1. The maximum absolute atomic E-state index is 11.9. The van der Waals surface area contributed by atoms with Crippen molar-refractivity contribution in [3.63, 3.8) is 0 Å². The molecule has 1 heterocycles. The van der Waals surface area contributed by atoms with Crippen LogP contribution in [0.5, 0.6) is 0 Å². The summed E-state index contributed by atoms with van der Waals surface area (Å²) >= 11 is 1.62. The molecule has 1 aliphatic heterocycles. The predicted octanol–water partition coefficient (Wildman–Crippen LogP) is 0.931. The van der Waals surface area contributed by atoms with Crippen LogP contribution in [0, 0.1) is 0 Å². The van der Waals surface area contributed by atoms with Gasteiger partial charge in [0, 0.05) is 12.7 Å². The Kier molecular flexibility index (Phi) is 4.64. The minimum atomic E-state index is -0.592. The smallest absolute Gasteiger partial charge is 0.261 e. The molecule has 0 unspecified atom stereocenters. The Bertz CT molecular complexity index is 603. The average molecular weight is 307 g/mol. The first-order valence-electron chi connectivity index (χ1n) is 6.47. The van der Waals surface area contributed by atoms with Crippen molar-refractivity contribution in [3.05, 3.63) is 29.3 Å². The molecule has 21 heavy (non-hydrogen) atoms. The molecule has 0 radical (unpaired) electrons. The maximum atomic E-state index is 11.9. The molecule has 7 heteroatoms. The molecule has 3 amide bonds. The Hall–Kier alpha value is -1.86. The van der Waals surface area contributed by atoms with Crippen LogP contribution in [0.4, 0.5) is 5.69 Å². The molecule has 112 valence electrons. The van der Waals surface area contributed by atoms with Gasteiger partial charge in [0.2, 0.25) is 5.91 Å². The van der Waals surface area contributed by atoms with Crippen molar-refractivity contribution in [2.75, 3.05) is 24.4 Å². The quantitative estimate of drug-likeness (QED) is 0.790. The average Bonchev–Trinajstić information content (AvgIpc) is 2.69. The van der Waals surface area contributed by atoms with E-state index < -0.39 is 6.04 Å². The number of nitrogens with two attached hydrogens (primary N) is 1. The molecule has 1 atom stereocenters. The summed E-state index contributed by atoms with van der Waals surface area (Å²) in [6, 6.07) is 4.06. The van der Waals surface area contributed by atoms with Crippen LogP contribution < -0.4 is 11.1 Å². The number of nitrogens with zero attached hydrogens (tertiary/aromatic N) is 1. The van der Waals surface area contributed by atoms with Gasteiger partial charge < -0.3 is 11.1 Å². The van der Waals surface area contributed by atoms with E-state index >= 15 is 0 Å². The summed E-state index contributed by atoms with van der Waals surface area (Å²) in [6.45, 7) is 0. The number of benzene rings is 1. The number of carbonyl (C=O) groups excluding carboxylic acids is 3. The lowest BCUT2D eigenvalue weighted by Gasteiger charge is -2.12. The van der Waals surface area contributed by atoms with Crippen LogP contribution in [0.15, 0.2) is 18.2 Å². The molecule has 1 aliphatic rings. The summed E-state index contributed by atoms with van der Waals surface area (Å²) in [4.78, 5) is 36.6. The summed E-state index contributed by atoms with van der Waals surface area (Å²) in [5.41, 5.74) is 6.91. The van der Waals surface area contributed by atoms with Crippen LogP contribution in [0.25, 0.3) is 0 Å². The van der Waals surface area contributed by atoms with E-state index in [2.05, 4.69) is 5.32 Å². The van der Waals surface area contributed by atoms with Gasteiger partial charge in [-0.3, -0.25) is 19.3 Å². The highest BCUT2D eigenvalue weighted by Gasteiger charge is 2.32. The normalized spacial score (nSPS) is 15.1. The Labute approximate surface area is 127 Å². The Morgan fingerprint density at radius 3 is 2.67 bits per heavy atom. The largest absolute Gasteiger partial charge is 0.325 e. The first-order valence-corrected chi connectivity index (χ1v) is 7.87. The Morgan fingerprint density at radius 2 is 2.00 bits per heavy atom. The predicted molar refractivity (Wildman–Crippen MR) is 82.5 cm³/mol. The van der Waals surface area contributed by atoms with Gasteiger partial charge in [0.15, 0.2) is 0 Å². The number of carbonyl (C=O) groups is 3. The van der Waals surface area contributed by atoms with Gasteiger partial charge in [-0.25, -0.2) is 0 Å². The standard InChI is InChI=1S/C14H17N3O3S/c1-17-13(19)9-4-3-8(7-10(9)14(17)20)16-12(18)11(15)5-6-21-2/h3-4,7,11H,5-6,15H2,1-2H3,(H,16,18)/t11-/m1/s1. The number of anilines is 1. The van der Waals surface area contributed by atoms with Gasteiger partial charge in [-0.2, -0.15) is 11.8 Å². The second kappa shape index (κ2) is 6.28. The van der Waals surface area contributed by atoms with E-state index in [4.69, 9.17) is 5.73 Å². The third kappa shape index (κ3) is 3.08. The second-order valence-electron chi connectivity index (χ2n) is 4.81. The van der Waals surface area contributed by atoms with Gasteiger partial charge in [-0.15, -0.1) is 0 Å². The van der Waals surface area contributed by atoms with E-state index in [1.54, 1.807) is 23.9 Å². The topological polar surface area (TPSA) is 92.5 Å². The molecule has 0 spiro atoms. The fourth-order valence-electron chi connectivity index (χ4n) is 2.05. The van der Waals surface area contributed by atoms with E-state index in [0.29, 0.717) is 23.2 Å². The Morgan fingerprint density at radius 1 is 1.33 bits per heavy atom. The number of amides is 3. The molecule has 0 fully saturated rings. The molecular weight excluding hydrogens is 290 g/mol. The van der Waals surface area contributed by atoms with Crippen molar-refractivity contribution < 1.29 is 14.4 Å². The van der Waals surface area contributed by atoms with Crippen LogP contribution in [0.3, 0.4) is 0 Å². The summed E-state index contributed by atoms with van der Waals surface area (Å²) in [5, 5.41) is 2.68. The molecule has 1 aromatic rings. The zero-order valence-corrected chi connectivity index (χ0v) is 12.7. The van der Waals surface area contributed by atoms with Crippen molar-refractivity contribution in [1.29, 1.82) is 0 Å². The summed E-state index contributed by atoms with van der Waals surface area (Å²) in [6.07, 6.45) is 2.53. The molecule has 0 bridgehead atoms. The lowest BCUT2D eigenvalue weighted by molar-refractivity contribution is -0.117. The molecule has 0 aromatic heterocycles. The van der Waals surface area contributed by atoms with Crippen LogP contribution in [0.1, 0.15) is 27.1 Å². The van der Waals surface area contributed by atoms with E-state index in [1.165, 1.54) is 13.1 Å². The zero-order valence-electron chi connectivity index (χ0n) is 11.9. The van der Waals surface area contributed by atoms with Crippen LogP contribution in [-0.2, 0) is 4.79 Å². The minimum Gasteiger partial charge on any atom is -0.325 e. The highest BCUT2D eigenvalue weighted by Crippen LogP contribution is 2.24. The SMILES string of the molecule is CSCC[C@@H](N)C(=O)Nc1ccc2c(c1)C(=O)N(C)C2=O. The number of rotatable bonds is 5. The molecule has 3 N–H and O–H groups in total. The van der Waals surface area contributed by atoms with Crippen molar-refractivity contribution in [3.8, 4) is 0 Å². The maximum Gasteiger partial charge on any atom is 0.261 e. The van der Waals surface area contributed by atoms with Gasteiger partial charge in [0.25, 0.3) is 11.8 Å². The summed E-state index contributed by atoms with van der Waals surface area (Å²) in [5.74, 6) is -0.187. The minimum absolute atomic E-state index is 0.297. The second-order valence-corrected chi connectivity index (χ2v) is 5.79. The number of fused-ring (bicyclic) bond motifs is 1. The van der Waals surface area contributed by atoms with Crippen molar-refractivity contribution in [2.45, 2.75) is 12.5 Å². The highest BCUT2D eigenvalue weighted by molar-refractivity contribution is 7.98. The molecule has 1 aromatic carbocycles. The van der Waals surface area contributed by atoms with Crippen molar-refractivity contribution in [1.82, 2.24) is 4.90 Å². The van der Waals surface area contributed by atoms with Gasteiger partial charge in [-0.1, -0.05) is 0 Å². The molecule has 0 saturated heterocycles. The third-order valence-electron chi connectivity index (χ3n) is 3.33. The van der Waals surface area contributed by atoms with Gasteiger partial charge >= 0.3 is 0 Å². The van der Waals surface area contributed by atoms with Gasteiger partial charge in [-0.05, 0) is 36.6 Å². The molecule has 0 aliphatic carbocycles. The lowest BCUT2D eigenvalue weighted by Crippen LogP contribution is -2.36. The Balaban J connectivity index is 2.12. The number of hydrogen-bond acceptors (Lipinski definition) is 5. The highest BCUT2D eigenvalue weighted by atomic mass is 32.2. The van der Waals surface area contributed by atoms with Crippen LogP contribution in [0.2, 0.25) is 0 Å². The zero-order chi connectivity index (χ0) is 15.6. The number of nitrogens with one attached hydrogen (secondary N) is 1. The molecule has 6 nitrogen and oxygen atoms in total. The van der Waals surface area contributed by atoms with Gasteiger partial charge in [0.05, 0.1) is 17.2 Å². The fraction of sp³-hybridized carbons (Fsp3) is 0.357. The van der Waals surface area contributed by atoms with Gasteiger partial charge in [0.1, 0.15) is 0 Å². The van der Waals surface area contributed by atoms with E-state index in [9.17, 15) is 14.4 Å². The number of thioether (sulfide) groups is 1. The first-order chi connectivity index (χ1) is 9.95. The van der Waals surface area contributed by atoms with Crippen LogP contribution in [-0.4, -0.2) is 47.7 Å².